The molecule has 0 radical (unpaired) electrons. The summed E-state index contributed by atoms with van der Waals surface area (Å²) in [6.45, 7) is 4.41. The maximum Gasteiger partial charge on any atom is 0.162 e. The van der Waals surface area contributed by atoms with Crippen molar-refractivity contribution < 1.29 is 4.74 Å². The number of nitrogens with two attached hydrogens (primary N) is 1. The van der Waals surface area contributed by atoms with Crippen molar-refractivity contribution in [1.82, 2.24) is 19.9 Å². The molecule has 0 spiro atoms. The fraction of sp³-hybridized carbons (Fsp3) is 0.450. The zero-order valence-electron chi connectivity index (χ0n) is 15.5. The van der Waals surface area contributed by atoms with E-state index in [1.807, 2.05) is 18.3 Å². The van der Waals surface area contributed by atoms with Crippen molar-refractivity contribution >= 4 is 16.9 Å². The van der Waals surface area contributed by atoms with Gasteiger partial charge in [0.1, 0.15) is 11.5 Å². The summed E-state index contributed by atoms with van der Waals surface area (Å²) in [5.74, 6) is 1.65. The minimum Gasteiger partial charge on any atom is -0.377 e. The Morgan fingerprint density at radius 2 is 2.19 bits per heavy atom. The van der Waals surface area contributed by atoms with E-state index in [0.29, 0.717) is 19.0 Å². The molecule has 27 heavy (non-hydrogen) atoms. The van der Waals surface area contributed by atoms with Crippen LogP contribution in [0.1, 0.15) is 31.9 Å². The van der Waals surface area contributed by atoms with Gasteiger partial charge in [-0.05, 0) is 38.3 Å². The van der Waals surface area contributed by atoms with Gasteiger partial charge in [0.15, 0.2) is 5.82 Å². The first-order valence-corrected chi connectivity index (χ1v) is 9.59. The van der Waals surface area contributed by atoms with Gasteiger partial charge < -0.3 is 20.4 Å². The van der Waals surface area contributed by atoms with Crippen LogP contribution >= 0.6 is 0 Å². The quantitative estimate of drug-likeness (QED) is 0.742. The van der Waals surface area contributed by atoms with Gasteiger partial charge >= 0.3 is 0 Å². The molecule has 1 aliphatic heterocycles. The van der Waals surface area contributed by atoms with Gasteiger partial charge in [0.05, 0.1) is 30.5 Å². The predicted molar refractivity (Wildman–Crippen MR) is 104 cm³/mol. The van der Waals surface area contributed by atoms with E-state index in [4.69, 9.17) is 20.4 Å². The third-order valence-electron chi connectivity index (χ3n) is 5.83. The summed E-state index contributed by atoms with van der Waals surface area (Å²) in [5.41, 5.74) is 9.06. The van der Waals surface area contributed by atoms with E-state index in [2.05, 4.69) is 27.9 Å². The zero-order chi connectivity index (χ0) is 18.4. The van der Waals surface area contributed by atoms with E-state index in [0.717, 1.165) is 53.9 Å². The SMILES string of the molecule is CC1COCCN1c1cc(C2(N)CCC2)nc(-c2ccnc3[nH]ccc23)n1. The van der Waals surface area contributed by atoms with Crippen LogP contribution in [0.3, 0.4) is 0 Å². The number of hydrogen-bond acceptors (Lipinski definition) is 6. The smallest absolute Gasteiger partial charge is 0.162 e. The molecule has 0 amide bonds. The van der Waals surface area contributed by atoms with Crippen LogP contribution in [0.15, 0.2) is 30.6 Å². The Hall–Kier alpha value is -2.51. The number of H-pyrrole nitrogens is 1. The van der Waals surface area contributed by atoms with E-state index in [-0.39, 0.29) is 11.6 Å². The van der Waals surface area contributed by atoms with Gasteiger partial charge in [0.25, 0.3) is 0 Å². The maximum absolute atomic E-state index is 6.64. The summed E-state index contributed by atoms with van der Waals surface area (Å²) in [6, 6.07) is 6.35. The summed E-state index contributed by atoms with van der Waals surface area (Å²) in [4.78, 5) is 19.7. The number of nitrogens with one attached hydrogen (secondary N) is 1. The predicted octanol–water partition coefficient (Wildman–Crippen LogP) is 2.58. The van der Waals surface area contributed by atoms with Gasteiger partial charge in [-0.1, -0.05) is 0 Å². The zero-order valence-corrected chi connectivity index (χ0v) is 15.5. The lowest BCUT2D eigenvalue weighted by Crippen LogP contribution is -2.46. The summed E-state index contributed by atoms with van der Waals surface area (Å²) in [6.07, 6.45) is 6.78. The highest BCUT2D eigenvalue weighted by molar-refractivity contribution is 5.91. The molecule has 3 aromatic heterocycles. The molecule has 1 atom stereocenters. The average molecular weight is 364 g/mol. The van der Waals surface area contributed by atoms with E-state index >= 15 is 0 Å². The molecule has 4 heterocycles. The molecule has 0 aromatic carbocycles. The summed E-state index contributed by atoms with van der Waals surface area (Å²) in [5, 5.41) is 1.02. The summed E-state index contributed by atoms with van der Waals surface area (Å²) < 4.78 is 5.60. The molecule has 2 aliphatic rings. The summed E-state index contributed by atoms with van der Waals surface area (Å²) in [7, 11) is 0. The lowest BCUT2D eigenvalue weighted by molar-refractivity contribution is 0.0985. The second kappa shape index (κ2) is 6.28. The molecular weight excluding hydrogens is 340 g/mol. The van der Waals surface area contributed by atoms with E-state index in [1.54, 1.807) is 6.20 Å². The highest BCUT2D eigenvalue weighted by atomic mass is 16.5. The Kier molecular flexibility index (Phi) is 3.87. The Bertz CT molecular complexity index is 980. The number of aromatic nitrogens is 4. The second-order valence-electron chi connectivity index (χ2n) is 7.66. The van der Waals surface area contributed by atoms with Gasteiger partial charge in [-0.2, -0.15) is 0 Å². The van der Waals surface area contributed by atoms with Gasteiger partial charge in [-0.25, -0.2) is 15.0 Å². The van der Waals surface area contributed by atoms with Crippen LogP contribution < -0.4 is 10.6 Å². The molecule has 2 fully saturated rings. The summed E-state index contributed by atoms with van der Waals surface area (Å²) >= 11 is 0. The molecule has 0 bridgehead atoms. The van der Waals surface area contributed by atoms with Crippen LogP contribution in [0.2, 0.25) is 0 Å². The normalized spacial score (nSPS) is 22.0. The Morgan fingerprint density at radius 3 is 2.96 bits per heavy atom. The fourth-order valence-electron chi connectivity index (χ4n) is 3.99. The number of morpholine rings is 1. The van der Waals surface area contributed by atoms with Crippen molar-refractivity contribution in [2.75, 3.05) is 24.7 Å². The number of nitrogens with zero attached hydrogens (tertiary/aromatic N) is 4. The highest BCUT2D eigenvalue weighted by Crippen LogP contribution is 2.40. The number of ether oxygens (including phenoxy) is 1. The van der Waals surface area contributed by atoms with E-state index in [9.17, 15) is 0 Å². The molecule has 3 aromatic rings. The van der Waals surface area contributed by atoms with Gasteiger partial charge in [0.2, 0.25) is 0 Å². The number of aromatic amines is 1. The first-order valence-electron chi connectivity index (χ1n) is 9.59. The first kappa shape index (κ1) is 16.6. The molecule has 140 valence electrons. The van der Waals surface area contributed by atoms with Gasteiger partial charge in [0, 0.05) is 36.0 Å². The highest BCUT2D eigenvalue weighted by Gasteiger charge is 2.37. The van der Waals surface area contributed by atoms with Crippen molar-refractivity contribution in [3.05, 3.63) is 36.3 Å². The van der Waals surface area contributed by atoms with Crippen LogP contribution in [-0.4, -0.2) is 45.7 Å². The first-order chi connectivity index (χ1) is 13.1. The Morgan fingerprint density at radius 1 is 1.30 bits per heavy atom. The van der Waals surface area contributed by atoms with Crippen molar-refractivity contribution in [2.45, 2.75) is 37.8 Å². The number of hydrogen-bond donors (Lipinski definition) is 2. The van der Waals surface area contributed by atoms with Crippen LogP contribution in [0.4, 0.5) is 5.82 Å². The lowest BCUT2D eigenvalue weighted by Gasteiger charge is -2.39. The third-order valence-corrected chi connectivity index (χ3v) is 5.83. The molecule has 1 saturated heterocycles. The van der Waals surface area contributed by atoms with Crippen LogP contribution in [-0.2, 0) is 10.3 Å². The molecule has 3 N–H and O–H groups in total. The number of pyridine rings is 1. The lowest BCUT2D eigenvalue weighted by atomic mass is 9.75. The Balaban J connectivity index is 1.67. The molecule has 1 saturated carbocycles. The second-order valence-corrected chi connectivity index (χ2v) is 7.66. The standard InChI is InChI=1S/C20H24N6O/c1-13-12-27-10-9-26(13)17-11-16(20(21)5-2-6-20)24-19(25-17)15-4-8-23-18-14(15)3-7-22-18/h3-4,7-8,11,13H,2,5-6,9-10,12,21H2,1H3,(H,22,23). The number of fused-ring (bicyclic) bond motifs is 1. The van der Waals surface area contributed by atoms with Crippen molar-refractivity contribution in [2.24, 2.45) is 5.73 Å². The Labute approximate surface area is 158 Å². The number of anilines is 1. The van der Waals surface area contributed by atoms with Crippen LogP contribution in [0.5, 0.6) is 0 Å². The van der Waals surface area contributed by atoms with Crippen molar-refractivity contribution in [1.29, 1.82) is 0 Å². The van der Waals surface area contributed by atoms with Crippen LogP contribution in [0.25, 0.3) is 22.4 Å². The van der Waals surface area contributed by atoms with Crippen molar-refractivity contribution in [3.63, 3.8) is 0 Å². The maximum atomic E-state index is 6.64. The molecule has 7 nitrogen and oxygen atoms in total. The topological polar surface area (TPSA) is 93.0 Å². The van der Waals surface area contributed by atoms with E-state index < -0.39 is 0 Å². The van der Waals surface area contributed by atoms with Crippen LogP contribution in [0, 0.1) is 0 Å². The van der Waals surface area contributed by atoms with Crippen molar-refractivity contribution in [3.8, 4) is 11.4 Å². The minimum absolute atomic E-state index is 0.272. The molecule has 1 aliphatic carbocycles. The van der Waals surface area contributed by atoms with Gasteiger partial charge in [-0.3, -0.25) is 0 Å². The molecule has 1 unspecified atom stereocenters. The average Bonchev–Trinajstić information content (AvgIpc) is 3.15. The molecule has 7 heteroatoms. The minimum atomic E-state index is -0.341. The number of rotatable bonds is 3. The molecule has 5 rings (SSSR count). The monoisotopic (exact) mass is 364 g/mol. The fourth-order valence-corrected chi connectivity index (χ4v) is 3.99. The largest absolute Gasteiger partial charge is 0.377 e. The molecular formula is C20H24N6O. The van der Waals surface area contributed by atoms with E-state index in [1.165, 1.54) is 0 Å². The van der Waals surface area contributed by atoms with Gasteiger partial charge in [-0.15, -0.1) is 0 Å². The third kappa shape index (κ3) is 2.78.